The molecule has 5 nitrogen and oxygen atoms in total. The molecular weight excluding hydrogens is 394 g/mol. The molecule has 0 atom stereocenters. The Bertz CT molecular complexity index is 995. The number of allylic oxidation sites excluding steroid dienone is 1. The van der Waals surface area contributed by atoms with E-state index in [1.54, 1.807) is 24.3 Å². The maximum Gasteiger partial charge on any atom is 0.323 e. The summed E-state index contributed by atoms with van der Waals surface area (Å²) in [6.45, 7) is -0.443. The average molecular weight is 409 g/mol. The Labute approximate surface area is 171 Å². The van der Waals surface area contributed by atoms with Crippen LogP contribution >= 0.6 is 24.0 Å². The first-order chi connectivity index (χ1) is 13.4. The maximum atomic E-state index is 12.3. The van der Waals surface area contributed by atoms with Gasteiger partial charge >= 0.3 is 5.97 Å². The molecule has 0 saturated carbocycles. The lowest BCUT2D eigenvalue weighted by atomic mass is 10.1. The normalized spacial score (nSPS) is 15.6. The quantitative estimate of drug-likeness (QED) is 0.444. The molecular formula is C21H15NO4S2. The van der Waals surface area contributed by atoms with Crippen LogP contribution in [-0.2, 0) is 9.59 Å². The molecule has 140 valence electrons. The van der Waals surface area contributed by atoms with Crippen LogP contribution in [0.1, 0.15) is 21.5 Å². The summed E-state index contributed by atoms with van der Waals surface area (Å²) in [6.07, 6.45) is 4.91. The zero-order valence-electron chi connectivity index (χ0n) is 14.6. The number of thiocarbonyl (C=S) groups is 1. The zero-order valence-corrected chi connectivity index (χ0v) is 16.2. The highest BCUT2D eigenvalue weighted by molar-refractivity contribution is 8.26. The van der Waals surface area contributed by atoms with E-state index in [2.05, 4.69) is 0 Å². The van der Waals surface area contributed by atoms with Crippen molar-refractivity contribution < 1.29 is 19.5 Å². The van der Waals surface area contributed by atoms with E-state index in [4.69, 9.17) is 17.3 Å². The summed E-state index contributed by atoms with van der Waals surface area (Å²) in [5, 5.41) is 8.87. The molecule has 28 heavy (non-hydrogen) atoms. The number of aliphatic carboxylic acids is 1. The lowest BCUT2D eigenvalue weighted by molar-refractivity contribution is -0.140. The van der Waals surface area contributed by atoms with Gasteiger partial charge in [0, 0.05) is 5.56 Å². The van der Waals surface area contributed by atoms with Crippen LogP contribution in [0.25, 0.3) is 12.2 Å². The van der Waals surface area contributed by atoms with Crippen molar-refractivity contribution >= 4 is 58.1 Å². The number of carbonyl (C=O) groups is 3. The largest absolute Gasteiger partial charge is 0.480 e. The predicted molar refractivity (Wildman–Crippen MR) is 114 cm³/mol. The summed E-state index contributed by atoms with van der Waals surface area (Å²) in [5.74, 6) is -1.60. The van der Waals surface area contributed by atoms with Crippen molar-refractivity contribution in [1.29, 1.82) is 0 Å². The average Bonchev–Trinajstić information content (AvgIpc) is 2.95. The minimum Gasteiger partial charge on any atom is -0.480 e. The highest BCUT2D eigenvalue weighted by Gasteiger charge is 2.33. The zero-order chi connectivity index (χ0) is 20.1. The number of hydrogen-bond acceptors (Lipinski definition) is 5. The fourth-order valence-electron chi connectivity index (χ4n) is 2.50. The standard InChI is InChI=1S/C21H15NO4S2/c23-17(16-4-2-1-3-5-16)11-10-14-6-8-15(9-7-14)12-18-20(26)22(13-19(24)25)21(27)28-18/h1-12H,13H2,(H,24,25)/b11-10+,18-12+. The van der Waals surface area contributed by atoms with E-state index >= 15 is 0 Å². The van der Waals surface area contributed by atoms with Gasteiger partial charge < -0.3 is 5.11 Å². The van der Waals surface area contributed by atoms with Crippen molar-refractivity contribution in [2.24, 2.45) is 0 Å². The second kappa shape index (κ2) is 8.77. The first-order valence-electron chi connectivity index (χ1n) is 8.29. The maximum absolute atomic E-state index is 12.3. The van der Waals surface area contributed by atoms with Crippen LogP contribution in [0.2, 0.25) is 0 Å². The van der Waals surface area contributed by atoms with Gasteiger partial charge in [-0.3, -0.25) is 19.3 Å². The SMILES string of the molecule is O=C(O)CN1C(=O)/C(=C\c2ccc(/C=C/C(=O)c3ccccc3)cc2)SC1=S. The predicted octanol–water partition coefficient (Wildman–Crippen LogP) is 3.87. The van der Waals surface area contributed by atoms with Gasteiger partial charge in [0.15, 0.2) is 5.78 Å². The minimum absolute atomic E-state index is 0.0771. The fraction of sp³-hybridized carbons (Fsp3) is 0.0476. The van der Waals surface area contributed by atoms with E-state index in [-0.39, 0.29) is 10.1 Å². The van der Waals surface area contributed by atoms with Crippen LogP contribution in [0.5, 0.6) is 0 Å². The summed E-state index contributed by atoms with van der Waals surface area (Å²) in [4.78, 5) is 36.7. The van der Waals surface area contributed by atoms with Crippen molar-refractivity contribution in [1.82, 2.24) is 4.90 Å². The molecule has 0 aromatic heterocycles. The van der Waals surface area contributed by atoms with Crippen LogP contribution < -0.4 is 0 Å². The number of benzene rings is 2. The molecule has 1 fully saturated rings. The van der Waals surface area contributed by atoms with Gasteiger partial charge in [0.25, 0.3) is 5.91 Å². The Morgan fingerprint density at radius 2 is 1.68 bits per heavy atom. The lowest BCUT2D eigenvalue weighted by Crippen LogP contribution is -2.33. The molecule has 1 aliphatic heterocycles. The smallest absolute Gasteiger partial charge is 0.323 e. The number of carboxylic acid groups (broad SMARTS) is 1. The van der Waals surface area contributed by atoms with Gasteiger partial charge in [0.05, 0.1) is 4.91 Å². The summed E-state index contributed by atoms with van der Waals surface area (Å²) >= 11 is 6.15. The van der Waals surface area contributed by atoms with Crippen LogP contribution in [0.3, 0.4) is 0 Å². The van der Waals surface area contributed by atoms with Crippen LogP contribution in [0.15, 0.2) is 65.6 Å². The Morgan fingerprint density at radius 1 is 1.04 bits per heavy atom. The summed E-state index contributed by atoms with van der Waals surface area (Å²) in [7, 11) is 0. The molecule has 0 aliphatic carbocycles. The molecule has 3 rings (SSSR count). The summed E-state index contributed by atoms with van der Waals surface area (Å²) < 4.78 is 0.234. The first kappa shape index (κ1) is 19.7. The van der Waals surface area contributed by atoms with E-state index in [0.29, 0.717) is 10.5 Å². The topological polar surface area (TPSA) is 74.7 Å². The molecule has 1 amide bonds. The van der Waals surface area contributed by atoms with Gasteiger partial charge in [-0.25, -0.2) is 0 Å². The van der Waals surface area contributed by atoms with Gasteiger partial charge in [-0.1, -0.05) is 84.7 Å². The number of nitrogens with zero attached hydrogens (tertiary/aromatic N) is 1. The molecule has 0 unspecified atom stereocenters. The Kier molecular flexibility index (Phi) is 6.18. The molecule has 1 N–H and O–H groups in total. The van der Waals surface area contributed by atoms with Gasteiger partial charge in [0.1, 0.15) is 10.9 Å². The molecule has 0 bridgehead atoms. The third-order valence-electron chi connectivity index (χ3n) is 3.89. The van der Waals surface area contributed by atoms with Crippen molar-refractivity contribution in [3.63, 3.8) is 0 Å². The number of rotatable bonds is 6. The lowest BCUT2D eigenvalue weighted by Gasteiger charge is -2.10. The van der Waals surface area contributed by atoms with E-state index in [1.807, 2.05) is 42.5 Å². The molecule has 1 heterocycles. The Balaban J connectivity index is 1.69. The van der Waals surface area contributed by atoms with Gasteiger partial charge in [-0.2, -0.15) is 0 Å². The first-order valence-corrected chi connectivity index (χ1v) is 9.51. The molecule has 0 radical (unpaired) electrons. The fourth-order valence-corrected chi connectivity index (χ4v) is 3.75. The van der Waals surface area contributed by atoms with E-state index in [0.717, 1.165) is 27.8 Å². The third kappa shape index (κ3) is 4.82. The van der Waals surface area contributed by atoms with E-state index < -0.39 is 18.4 Å². The second-order valence-electron chi connectivity index (χ2n) is 5.89. The molecule has 1 aliphatic rings. The van der Waals surface area contributed by atoms with Gasteiger partial charge in [-0.05, 0) is 23.3 Å². The van der Waals surface area contributed by atoms with Crippen molar-refractivity contribution in [2.75, 3.05) is 6.54 Å². The van der Waals surface area contributed by atoms with Crippen molar-refractivity contribution in [3.8, 4) is 0 Å². The molecule has 1 saturated heterocycles. The van der Waals surface area contributed by atoms with E-state index in [9.17, 15) is 14.4 Å². The van der Waals surface area contributed by atoms with Gasteiger partial charge in [-0.15, -0.1) is 0 Å². The summed E-state index contributed by atoms with van der Waals surface area (Å²) in [5.41, 5.74) is 2.25. The molecule has 0 spiro atoms. The number of carbonyl (C=O) groups excluding carboxylic acids is 2. The minimum atomic E-state index is -1.11. The second-order valence-corrected chi connectivity index (χ2v) is 7.57. The van der Waals surface area contributed by atoms with Crippen molar-refractivity contribution in [2.45, 2.75) is 0 Å². The number of carboxylic acids is 1. The number of ketones is 1. The number of thioether (sulfide) groups is 1. The number of amides is 1. The molecule has 2 aromatic rings. The van der Waals surface area contributed by atoms with E-state index in [1.165, 1.54) is 6.08 Å². The van der Waals surface area contributed by atoms with Crippen LogP contribution in [0, 0.1) is 0 Å². The van der Waals surface area contributed by atoms with Crippen LogP contribution in [-0.4, -0.2) is 38.5 Å². The number of hydrogen-bond donors (Lipinski definition) is 1. The van der Waals surface area contributed by atoms with Gasteiger partial charge in [0.2, 0.25) is 0 Å². The highest BCUT2D eigenvalue weighted by Crippen LogP contribution is 2.32. The third-order valence-corrected chi connectivity index (χ3v) is 5.26. The Hall–Kier alpha value is -3.03. The van der Waals surface area contributed by atoms with Crippen molar-refractivity contribution in [3.05, 3.63) is 82.3 Å². The monoisotopic (exact) mass is 409 g/mol. The van der Waals surface area contributed by atoms with Crippen LogP contribution in [0.4, 0.5) is 0 Å². The molecule has 2 aromatic carbocycles. The Morgan fingerprint density at radius 3 is 2.32 bits per heavy atom. The summed E-state index contributed by atoms with van der Waals surface area (Å²) in [6, 6.07) is 16.3. The molecule has 7 heteroatoms. The highest BCUT2D eigenvalue weighted by atomic mass is 32.2.